The van der Waals surface area contributed by atoms with Crippen molar-refractivity contribution in [1.82, 2.24) is 0 Å². The number of anilines is 3. The Kier molecular flexibility index (Phi) is 5.31. The fourth-order valence-electron chi connectivity index (χ4n) is 4.93. The van der Waals surface area contributed by atoms with Crippen molar-refractivity contribution in [2.45, 2.75) is 46.6 Å². The fraction of sp³-hybridized carbons (Fsp3) is 0.286. The molecule has 2 N–H and O–H groups in total. The fourth-order valence-corrected chi connectivity index (χ4v) is 4.93. The predicted octanol–water partition coefficient (Wildman–Crippen LogP) is 6.74. The highest BCUT2D eigenvalue weighted by atomic mass is 16.3. The van der Waals surface area contributed by atoms with Gasteiger partial charge in [-0.3, -0.25) is 9.69 Å². The average molecular weight is 456 g/mol. The van der Waals surface area contributed by atoms with Gasteiger partial charge in [0.1, 0.15) is 11.8 Å². The molecule has 1 aromatic heterocycles. The van der Waals surface area contributed by atoms with Crippen molar-refractivity contribution in [3.05, 3.63) is 89.0 Å². The van der Waals surface area contributed by atoms with Gasteiger partial charge in [-0.05, 0) is 73.2 Å². The van der Waals surface area contributed by atoms with E-state index in [2.05, 4.69) is 24.5 Å². The molecule has 0 saturated heterocycles. The number of aryl methyl sites for hydroxylation is 2. The second-order valence-electron chi connectivity index (χ2n) is 9.99. The minimum absolute atomic E-state index is 0.0249. The van der Waals surface area contributed by atoms with E-state index in [1.807, 2.05) is 62.4 Å². The van der Waals surface area contributed by atoms with Crippen LogP contribution in [-0.4, -0.2) is 11.8 Å². The van der Waals surface area contributed by atoms with Gasteiger partial charge in [-0.1, -0.05) is 32.0 Å². The van der Waals surface area contributed by atoms with E-state index in [0.29, 0.717) is 35.5 Å². The first-order valence-corrected chi connectivity index (χ1v) is 11.6. The Morgan fingerprint density at radius 3 is 2.59 bits per heavy atom. The summed E-state index contributed by atoms with van der Waals surface area (Å²) in [7, 11) is 0. The molecular weight excluding hydrogens is 426 g/mol. The van der Waals surface area contributed by atoms with Gasteiger partial charge in [0.15, 0.2) is 5.78 Å². The summed E-state index contributed by atoms with van der Waals surface area (Å²) in [5, 5.41) is 6.55. The van der Waals surface area contributed by atoms with Crippen LogP contribution in [0, 0.1) is 19.3 Å². The van der Waals surface area contributed by atoms with Crippen LogP contribution >= 0.6 is 0 Å². The molecule has 0 bridgehead atoms. The molecule has 2 aliphatic rings. The van der Waals surface area contributed by atoms with Gasteiger partial charge in [-0.2, -0.15) is 0 Å². The third-order valence-corrected chi connectivity index (χ3v) is 6.69. The number of nitrogens with zero attached hydrogens (tertiary/aromatic N) is 1. The molecule has 0 spiro atoms. The molecule has 0 fully saturated rings. The lowest BCUT2D eigenvalue weighted by Crippen LogP contribution is -2.41. The number of amides is 2. The van der Waals surface area contributed by atoms with Crippen LogP contribution in [0.4, 0.5) is 21.9 Å². The minimum atomic E-state index is -0.684. The molecule has 0 radical (unpaired) electrons. The number of carbonyl (C=O) groups excluding carboxylic acids is 2. The highest BCUT2D eigenvalue weighted by molar-refractivity contribution is 6.09. The van der Waals surface area contributed by atoms with Gasteiger partial charge in [-0.25, -0.2) is 4.79 Å². The number of urea groups is 1. The first kappa shape index (κ1) is 22.0. The maximum Gasteiger partial charge on any atom is 0.327 e. The number of fused-ring (bicyclic) bond motifs is 1. The third-order valence-electron chi connectivity index (χ3n) is 6.69. The molecule has 3 aromatic rings. The highest BCUT2D eigenvalue weighted by Gasteiger charge is 2.44. The summed E-state index contributed by atoms with van der Waals surface area (Å²) in [6.45, 7) is 8.24. The van der Waals surface area contributed by atoms with Crippen LogP contribution in [0.1, 0.15) is 49.6 Å². The number of Topliss-reactive ketones (excluding diaryl/α,β-unsaturated/α-hetero) is 1. The van der Waals surface area contributed by atoms with Gasteiger partial charge in [0, 0.05) is 23.4 Å². The van der Waals surface area contributed by atoms with Crippen molar-refractivity contribution in [1.29, 1.82) is 0 Å². The third kappa shape index (κ3) is 3.89. The number of carbonyl (C=O) groups is 2. The molecule has 5 rings (SSSR count). The summed E-state index contributed by atoms with van der Waals surface area (Å²) in [5.74, 6) is 0.575. The van der Waals surface area contributed by atoms with Crippen molar-refractivity contribution in [2.24, 2.45) is 5.41 Å². The molecular formula is C28H29N3O3. The zero-order valence-corrected chi connectivity index (χ0v) is 19.9. The summed E-state index contributed by atoms with van der Waals surface area (Å²) in [5.41, 5.74) is 5.66. The Balaban J connectivity index is 1.67. The first-order valence-electron chi connectivity index (χ1n) is 11.6. The topological polar surface area (TPSA) is 74.6 Å². The standard InChI is InChI=1S/C28H29N3O3/c1-17-11-12-19(14-18(17)2)29-27(33)31-22-9-6-5-8-20(22)30-21-15-28(3,4)16-23(32)25(21)26(31)24-10-7-13-34-24/h5-14,26,30H,15-16H2,1-4H3,(H,29,33). The number of furan rings is 1. The summed E-state index contributed by atoms with van der Waals surface area (Å²) in [4.78, 5) is 29.1. The van der Waals surface area contributed by atoms with Gasteiger partial charge in [0.05, 0.1) is 17.6 Å². The predicted molar refractivity (Wildman–Crippen MR) is 134 cm³/mol. The Morgan fingerprint density at radius 1 is 1.06 bits per heavy atom. The Bertz CT molecular complexity index is 1300. The molecule has 34 heavy (non-hydrogen) atoms. The molecule has 0 saturated carbocycles. The van der Waals surface area contributed by atoms with Crippen LogP contribution in [0.5, 0.6) is 0 Å². The van der Waals surface area contributed by atoms with Crippen LogP contribution in [0.3, 0.4) is 0 Å². The van der Waals surface area contributed by atoms with Crippen molar-refractivity contribution in [3.8, 4) is 0 Å². The van der Waals surface area contributed by atoms with E-state index in [0.717, 1.165) is 22.5 Å². The largest absolute Gasteiger partial charge is 0.467 e. The van der Waals surface area contributed by atoms with Crippen molar-refractivity contribution >= 4 is 28.9 Å². The summed E-state index contributed by atoms with van der Waals surface area (Å²) in [6.07, 6.45) is 2.69. The van der Waals surface area contributed by atoms with E-state index in [1.54, 1.807) is 17.2 Å². The van der Waals surface area contributed by atoms with Gasteiger partial charge in [-0.15, -0.1) is 0 Å². The first-order chi connectivity index (χ1) is 16.2. The van der Waals surface area contributed by atoms with E-state index >= 15 is 0 Å². The van der Waals surface area contributed by atoms with Gasteiger partial charge in [0.25, 0.3) is 0 Å². The second kappa shape index (κ2) is 8.20. The van der Waals surface area contributed by atoms with E-state index in [9.17, 15) is 9.59 Å². The lowest BCUT2D eigenvalue weighted by molar-refractivity contribution is -0.118. The van der Waals surface area contributed by atoms with Crippen LogP contribution in [-0.2, 0) is 4.79 Å². The van der Waals surface area contributed by atoms with Crippen molar-refractivity contribution in [3.63, 3.8) is 0 Å². The average Bonchev–Trinajstić information content (AvgIpc) is 3.25. The van der Waals surface area contributed by atoms with E-state index in [4.69, 9.17) is 4.42 Å². The van der Waals surface area contributed by atoms with Crippen LogP contribution in [0.2, 0.25) is 0 Å². The number of para-hydroxylation sites is 2. The second-order valence-corrected chi connectivity index (χ2v) is 9.99. The lowest BCUT2D eigenvalue weighted by atomic mass is 9.74. The smallest absolute Gasteiger partial charge is 0.327 e. The molecule has 6 nitrogen and oxygen atoms in total. The number of hydrogen-bond donors (Lipinski definition) is 2. The zero-order valence-electron chi connectivity index (χ0n) is 19.9. The van der Waals surface area contributed by atoms with Crippen molar-refractivity contribution in [2.75, 3.05) is 15.5 Å². The van der Waals surface area contributed by atoms with Crippen molar-refractivity contribution < 1.29 is 14.0 Å². The molecule has 2 heterocycles. The Labute approximate surface area is 199 Å². The van der Waals surface area contributed by atoms with Crippen LogP contribution in [0.15, 0.2) is 76.5 Å². The molecule has 2 amide bonds. The number of nitrogens with one attached hydrogen (secondary N) is 2. The lowest BCUT2D eigenvalue weighted by Gasteiger charge is -2.36. The minimum Gasteiger partial charge on any atom is -0.467 e. The quantitative estimate of drug-likeness (QED) is 0.448. The summed E-state index contributed by atoms with van der Waals surface area (Å²) < 4.78 is 5.82. The number of ketones is 1. The molecule has 6 heteroatoms. The van der Waals surface area contributed by atoms with Gasteiger partial charge < -0.3 is 15.1 Å². The number of allylic oxidation sites excluding steroid dienone is 1. The molecule has 1 aliphatic heterocycles. The van der Waals surface area contributed by atoms with Gasteiger partial charge >= 0.3 is 6.03 Å². The van der Waals surface area contributed by atoms with E-state index in [-0.39, 0.29) is 17.2 Å². The van der Waals surface area contributed by atoms with E-state index in [1.165, 1.54) is 0 Å². The maximum absolute atomic E-state index is 13.9. The molecule has 1 unspecified atom stereocenters. The van der Waals surface area contributed by atoms with Crippen LogP contribution < -0.4 is 15.5 Å². The van der Waals surface area contributed by atoms with Gasteiger partial charge in [0.2, 0.25) is 0 Å². The number of hydrogen-bond acceptors (Lipinski definition) is 4. The highest BCUT2D eigenvalue weighted by Crippen LogP contribution is 2.48. The monoisotopic (exact) mass is 455 g/mol. The summed E-state index contributed by atoms with van der Waals surface area (Å²) >= 11 is 0. The molecule has 2 aromatic carbocycles. The summed E-state index contributed by atoms with van der Waals surface area (Å²) in [6, 6.07) is 16.1. The normalized spacial score (nSPS) is 19.1. The number of benzene rings is 2. The molecule has 1 atom stereocenters. The Hall–Kier alpha value is -3.80. The maximum atomic E-state index is 13.9. The zero-order chi connectivity index (χ0) is 24.0. The Morgan fingerprint density at radius 2 is 1.85 bits per heavy atom. The van der Waals surface area contributed by atoms with E-state index < -0.39 is 6.04 Å². The van der Waals surface area contributed by atoms with Crippen LogP contribution in [0.25, 0.3) is 0 Å². The SMILES string of the molecule is Cc1ccc(NC(=O)N2c3ccccc3NC3=C(C(=O)CC(C)(C)C3)C2c2ccco2)cc1C. The molecule has 174 valence electrons. The number of rotatable bonds is 2. The molecule has 1 aliphatic carbocycles.